The summed E-state index contributed by atoms with van der Waals surface area (Å²) < 4.78 is 11.1. The molecule has 0 aromatic carbocycles. The number of anilines is 2. The standard InChI is InChI=1S/C21H29N7O3/c1-13(2)17-12-30-21(29)28(17)18-6-9-23-19(27-18)26-14(3)15-10-24-20(25-11-15)31-16-4-7-22-8-5-16/h6,9-11,13-14,16-17,22H,4-5,7-8,12H2,1-3H3,(H,23,26,27)/t14?,17-/m1/s1. The van der Waals surface area contributed by atoms with Gasteiger partial charge >= 0.3 is 12.1 Å². The Balaban J connectivity index is 1.41. The Hall–Kier alpha value is -3.01. The first-order chi connectivity index (χ1) is 15.0. The number of hydrogen-bond donors (Lipinski definition) is 2. The molecule has 0 bridgehead atoms. The van der Waals surface area contributed by atoms with Crippen molar-refractivity contribution in [3.63, 3.8) is 0 Å². The second-order valence-corrected chi connectivity index (χ2v) is 8.23. The summed E-state index contributed by atoms with van der Waals surface area (Å²) in [6.45, 7) is 8.36. The predicted octanol–water partition coefficient (Wildman–Crippen LogP) is 2.55. The van der Waals surface area contributed by atoms with E-state index in [0.717, 1.165) is 31.5 Å². The zero-order chi connectivity index (χ0) is 21.8. The lowest BCUT2D eigenvalue weighted by Crippen LogP contribution is -2.37. The van der Waals surface area contributed by atoms with Crippen LogP contribution in [0.2, 0.25) is 0 Å². The van der Waals surface area contributed by atoms with Crippen molar-refractivity contribution in [1.29, 1.82) is 0 Å². The summed E-state index contributed by atoms with van der Waals surface area (Å²) in [6, 6.07) is 1.94. The highest BCUT2D eigenvalue weighted by molar-refractivity contribution is 5.89. The second-order valence-electron chi connectivity index (χ2n) is 8.23. The molecule has 1 unspecified atom stereocenters. The Morgan fingerprint density at radius 3 is 2.65 bits per heavy atom. The topological polar surface area (TPSA) is 114 Å². The molecule has 2 aromatic rings. The molecule has 10 heteroatoms. The van der Waals surface area contributed by atoms with Gasteiger partial charge in [-0.3, -0.25) is 4.90 Å². The molecule has 0 radical (unpaired) electrons. The van der Waals surface area contributed by atoms with E-state index in [1.807, 2.05) is 6.92 Å². The average Bonchev–Trinajstić information content (AvgIpc) is 3.17. The van der Waals surface area contributed by atoms with Gasteiger partial charge in [0.05, 0.1) is 12.1 Å². The van der Waals surface area contributed by atoms with Crippen LogP contribution in [0.1, 0.15) is 45.2 Å². The Bertz CT molecular complexity index is 887. The average molecular weight is 428 g/mol. The minimum atomic E-state index is -0.380. The molecule has 2 aliphatic rings. The van der Waals surface area contributed by atoms with Crippen molar-refractivity contribution in [3.05, 3.63) is 30.2 Å². The molecule has 166 valence electrons. The van der Waals surface area contributed by atoms with Crippen LogP contribution in [0.3, 0.4) is 0 Å². The van der Waals surface area contributed by atoms with E-state index < -0.39 is 0 Å². The number of carbonyl (C=O) groups excluding carboxylic acids is 1. The number of cyclic esters (lactones) is 1. The van der Waals surface area contributed by atoms with Crippen LogP contribution in [0.25, 0.3) is 0 Å². The lowest BCUT2D eigenvalue weighted by molar-refractivity contribution is 0.148. The van der Waals surface area contributed by atoms with Crippen molar-refractivity contribution in [2.24, 2.45) is 5.92 Å². The Morgan fingerprint density at radius 2 is 1.94 bits per heavy atom. The van der Waals surface area contributed by atoms with Crippen LogP contribution in [0, 0.1) is 5.92 Å². The van der Waals surface area contributed by atoms with Crippen molar-refractivity contribution >= 4 is 17.9 Å². The quantitative estimate of drug-likeness (QED) is 0.688. The lowest BCUT2D eigenvalue weighted by atomic mass is 10.0. The molecule has 4 heterocycles. The molecule has 0 spiro atoms. The largest absolute Gasteiger partial charge is 0.460 e. The molecule has 2 fully saturated rings. The zero-order valence-corrected chi connectivity index (χ0v) is 18.1. The molecular weight excluding hydrogens is 398 g/mol. The summed E-state index contributed by atoms with van der Waals surface area (Å²) in [6.07, 6.45) is 6.82. The number of amides is 1. The fourth-order valence-electron chi connectivity index (χ4n) is 3.69. The highest BCUT2D eigenvalue weighted by Crippen LogP contribution is 2.26. The Kier molecular flexibility index (Phi) is 6.45. The van der Waals surface area contributed by atoms with Crippen LogP contribution >= 0.6 is 0 Å². The molecule has 2 N–H and O–H groups in total. The summed E-state index contributed by atoms with van der Waals surface area (Å²) in [4.78, 5) is 31.3. The van der Waals surface area contributed by atoms with Crippen molar-refractivity contribution in [3.8, 4) is 6.01 Å². The fraction of sp³-hybridized carbons (Fsp3) is 0.571. The molecule has 0 saturated carbocycles. The SMILES string of the molecule is CC(Nc1nccc(N2C(=O)OC[C@@H]2C(C)C)n1)c1cnc(OC2CCNCC2)nc1. The van der Waals surface area contributed by atoms with Crippen LogP contribution in [-0.4, -0.2) is 57.9 Å². The van der Waals surface area contributed by atoms with Crippen molar-refractivity contribution < 1.29 is 14.3 Å². The molecule has 0 aliphatic carbocycles. The molecular formula is C21H29N7O3. The van der Waals surface area contributed by atoms with Gasteiger partial charge in [0.2, 0.25) is 5.95 Å². The van der Waals surface area contributed by atoms with Crippen molar-refractivity contribution in [2.45, 2.75) is 51.8 Å². The summed E-state index contributed by atoms with van der Waals surface area (Å²) >= 11 is 0. The second kappa shape index (κ2) is 9.42. The number of ether oxygens (including phenoxy) is 2. The first-order valence-corrected chi connectivity index (χ1v) is 10.8. The number of carbonyl (C=O) groups is 1. The van der Waals surface area contributed by atoms with E-state index in [-0.39, 0.29) is 30.2 Å². The number of nitrogens with zero attached hydrogens (tertiary/aromatic N) is 5. The van der Waals surface area contributed by atoms with E-state index in [4.69, 9.17) is 9.47 Å². The highest BCUT2D eigenvalue weighted by Gasteiger charge is 2.37. The third kappa shape index (κ3) is 5.01. The minimum Gasteiger partial charge on any atom is -0.460 e. The van der Waals surface area contributed by atoms with E-state index in [0.29, 0.717) is 24.4 Å². The van der Waals surface area contributed by atoms with Crippen molar-refractivity contribution in [1.82, 2.24) is 25.3 Å². The molecule has 2 aromatic heterocycles. The maximum absolute atomic E-state index is 12.2. The lowest BCUT2D eigenvalue weighted by Gasteiger charge is -2.24. The number of rotatable bonds is 7. The third-order valence-corrected chi connectivity index (χ3v) is 5.62. The Morgan fingerprint density at radius 1 is 1.19 bits per heavy atom. The fourth-order valence-corrected chi connectivity index (χ4v) is 3.69. The van der Waals surface area contributed by atoms with Gasteiger partial charge in [0.25, 0.3) is 0 Å². The summed E-state index contributed by atoms with van der Waals surface area (Å²) in [5.41, 5.74) is 0.882. The van der Waals surface area contributed by atoms with E-state index in [1.54, 1.807) is 29.6 Å². The highest BCUT2D eigenvalue weighted by atomic mass is 16.6. The number of aromatic nitrogens is 4. The smallest absolute Gasteiger partial charge is 0.415 e. The van der Waals surface area contributed by atoms with E-state index in [1.165, 1.54) is 0 Å². The molecule has 10 nitrogen and oxygen atoms in total. The van der Waals surface area contributed by atoms with Gasteiger partial charge in [-0.15, -0.1) is 0 Å². The van der Waals surface area contributed by atoms with Crippen LogP contribution in [0.15, 0.2) is 24.7 Å². The van der Waals surface area contributed by atoms with Crippen LogP contribution in [0.4, 0.5) is 16.6 Å². The molecule has 4 rings (SSSR count). The predicted molar refractivity (Wildman–Crippen MR) is 115 cm³/mol. The molecule has 31 heavy (non-hydrogen) atoms. The van der Waals surface area contributed by atoms with Crippen LogP contribution in [-0.2, 0) is 4.74 Å². The van der Waals surface area contributed by atoms with E-state index >= 15 is 0 Å². The summed E-state index contributed by atoms with van der Waals surface area (Å²) in [5, 5.41) is 6.56. The number of piperidine rings is 1. The van der Waals surface area contributed by atoms with Gasteiger partial charge in [0, 0.05) is 24.2 Å². The van der Waals surface area contributed by atoms with Gasteiger partial charge in [-0.2, -0.15) is 4.98 Å². The Labute approximate surface area is 181 Å². The molecule has 1 amide bonds. The summed E-state index contributed by atoms with van der Waals surface area (Å²) in [7, 11) is 0. The van der Waals surface area contributed by atoms with Crippen LogP contribution in [0.5, 0.6) is 6.01 Å². The van der Waals surface area contributed by atoms with Gasteiger partial charge in [0.1, 0.15) is 18.5 Å². The number of nitrogens with one attached hydrogen (secondary N) is 2. The zero-order valence-electron chi connectivity index (χ0n) is 18.1. The summed E-state index contributed by atoms with van der Waals surface area (Å²) in [5.74, 6) is 1.19. The molecule has 2 saturated heterocycles. The molecule has 2 aliphatic heterocycles. The van der Waals surface area contributed by atoms with Crippen molar-refractivity contribution in [2.75, 3.05) is 29.9 Å². The number of hydrogen-bond acceptors (Lipinski definition) is 9. The van der Waals surface area contributed by atoms with E-state index in [2.05, 4.69) is 44.4 Å². The minimum absolute atomic E-state index is 0.0476. The monoisotopic (exact) mass is 427 g/mol. The van der Waals surface area contributed by atoms with Gasteiger partial charge in [-0.25, -0.2) is 19.7 Å². The molecule has 2 atom stereocenters. The van der Waals surface area contributed by atoms with Gasteiger partial charge < -0.3 is 20.1 Å². The van der Waals surface area contributed by atoms with Crippen LogP contribution < -0.4 is 20.3 Å². The van der Waals surface area contributed by atoms with Gasteiger partial charge in [-0.1, -0.05) is 13.8 Å². The van der Waals surface area contributed by atoms with Gasteiger partial charge in [-0.05, 0) is 44.8 Å². The maximum atomic E-state index is 12.2. The van der Waals surface area contributed by atoms with Gasteiger partial charge in [0.15, 0.2) is 0 Å². The normalized spacial score (nSPS) is 20.6. The third-order valence-electron chi connectivity index (χ3n) is 5.62. The van der Waals surface area contributed by atoms with E-state index in [9.17, 15) is 4.79 Å². The first kappa shape index (κ1) is 21.2. The first-order valence-electron chi connectivity index (χ1n) is 10.8. The maximum Gasteiger partial charge on any atom is 0.415 e.